The molecule has 3 aromatic rings. The average Bonchev–Trinajstić information content (AvgIpc) is 3.28. The zero-order valence-electron chi connectivity index (χ0n) is 19.4. The lowest BCUT2D eigenvalue weighted by Gasteiger charge is -2.36. The van der Waals surface area contributed by atoms with E-state index < -0.39 is 35.2 Å². The normalized spacial score (nSPS) is 20.6. The Hall–Kier alpha value is -3.68. The monoisotopic (exact) mass is 462 g/mol. The summed E-state index contributed by atoms with van der Waals surface area (Å²) in [6, 6.07) is 11.8. The van der Waals surface area contributed by atoms with Crippen molar-refractivity contribution in [3.8, 4) is 0 Å². The molecule has 2 unspecified atom stereocenters. The van der Waals surface area contributed by atoms with Crippen LogP contribution in [-0.2, 0) is 21.5 Å². The Morgan fingerprint density at radius 2 is 1.85 bits per heavy atom. The molecule has 5 rings (SSSR count). The van der Waals surface area contributed by atoms with Crippen molar-refractivity contribution in [1.82, 2.24) is 14.8 Å². The summed E-state index contributed by atoms with van der Waals surface area (Å²) in [5.41, 5.74) is 1.86. The number of carbonyl (C=O) groups excluding carboxylic acids is 3. The minimum Gasteiger partial charge on any atom is -0.356 e. The quantitative estimate of drug-likeness (QED) is 0.552. The molecule has 2 aliphatic rings. The molecule has 1 fully saturated rings. The van der Waals surface area contributed by atoms with Gasteiger partial charge in [-0.3, -0.25) is 9.59 Å². The molecule has 0 aliphatic carbocycles. The van der Waals surface area contributed by atoms with E-state index in [2.05, 4.69) is 10.3 Å². The van der Waals surface area contributed by atoms with Gasteiger partial charge in [0.05, 0.1) is 5.69 Å². The number of H-pyrrole nitrogens is 1. The van der Waals surface area contributed by atoms with Gasteiger partial charge < -0.3 is 15.2 Å². The van der Waals surface area contributed by atoms with Gasteiger partial charge in [-0.15, -0.1) is 0 Å². The molecule has 34 heavy (non-hydrogen) atoms. The van der Waals surface area contributed by atoms with Crippen LogP contribution in [0, 0.1) is 11.7 Å². The second-order valence-corrected chi connectivity index (χ2v) is 9.60. The summed E-state index contributed by atoms with van der Waals surface area (Å²) in [5.74, 6) is -1.24. The highest BCUT2D eigenvalue weighted by Gasteiger charge is 2.60. The molecule has 3 heterocycles. The first-order valence-electron chi connectivity index (χ1n) is 11.5. The number of benzene rings is 2. The Balaban J connectivity index is 1.53. The summed E-state index contributed by atoms with van der Waals surface area (Å²) in [6.07, 6.45) is 0.937. The third-order valence-electron chi connectivity index (χ3n) is 6.92. The first-order chi connectivity index (χ1) is 16.2. The van der Waals surface area contributed by atoms with Crippen molar-refractivity contribution >= 4 is 34.4 Å². The Bertz CT molecular complexity index is 1300. The molecule has 7 nitrogen and oxygen atoms in total. The van der Waals surface area contributed by atoms with E-state index in [-0.39, 0.29) is 5.92 Å². The van der Waals surface area contributed by atoms with E-state index in [1.807, 2.05) is 38.1 Å². The predicted octanol–water partition coefficient (Wildman–Crippen LogP) is 4.40. The fraction of sp³-hybridized carbons (Fsp3) is 0.346. The standard InChI is InChI=1S/C26H27FN4O3/c1-15(2)14-21(23(32)28-17-10-8-16(27)9-11-17)31-24(33)26(3)22-19(12-13-30(26)25(31)34)18-6-4-5-7-20(18)29-22/h4-11,15,21,29H,12-14H2,1-3H3,(H,28,32). The second-order valence-electron chi connectivity index (χ2n) is 9.60. The highest BCUT2D eigenvalue weighted by molar-refractivity contribution is 6.12. The number of carbonyl (C=O) groups is 3. The molecule has 0 radical (unpaired) electrons. The van der Waals surface area contributed by atoms with Gasteiger partial charge in [0.1, 0.15) is 11.9 Å². The van der Waals surface area contributed by atoms with Gasteiger partial charge in [0.2, 0.25) is 5.91 Å². The number of aromatic amines is 1. The van der Waals surface area contributed by atoms with Crippen molar-refractivity contribution < 1.29 is 18.8 Å². The maximum atomic E-state index is 13.9. The number of amides is 4. The van der Waals surface area contributed by atoms with Crippen molar-refractivity contribution in [1.29, 1.82) is 0 Å². The van der Waals surface area contributed by atoms with E-state index in [0.717, 1.165) is 21.4 Å². The molecule has 2 aromatic carbocycles. The zero-order chi connectivity index (χ0) is 24.2. The van der Waals surface area contributed by atoms with E-state index in [1.54, 1.807) is 11.8 Å². The fourth-order valence-electron chi connectivity index (χ4n) is 5.23. The van der Waals surface area contributed by atoms with Crippen LogP contribution in [0.25, 0.3) is 10.9 Å². The number of hydrogen-bond acceptors (Lipinski definition) is 3. The van der Waals surface area contributed by atoms with Gasteiger partial charge in [-0.05, 0) is 61.6 Å². The molecule has 2 aliphatic heterocycles. The van der Waals surface area contributed by atoms with Gasteiger partial charge in [0.15, 0.2) is 5.54 Å². The van der Waals surface area contributed by atoms with Gasteiger partial charge in [-0.2, -0.15) is 0 Å². The molecular formula is C26H27FN4O3. The minimum atomic E-state index is -1.21. The topological polar surface area (TPSA) is 85.5 Å². The van der Waals surface area contributed by atoms with Gasteiger partial charge in [-0.1, -0.05) is 32.0 Å². The molecule has 0 bridgehead atoms. The SMILES string of the molecule is CC(C)CC(C(=O)Nc1ccc(F)cc1)N1C(=O)N2CCc3c([nH]c4ccccc34)C2(C)C1=O. The summed E-state index contributed by atoms with van der Waals surface area (Å²) < 4.78 is 13.3. The predicted molar refractivity (Wildman–Crippen MR) is 127 cm³/mol. The van der Waals surface area contributed by atoms with Crippen LogP contribution >= 0.6 is 0 Å². The van der Waals surface area contributed by atoms with Crippen LogP contribution in [0.4, 0.5) is 14.9 Å². The number of rotatable bonds is 5. The van der Waals surface area contributed by atoms with Crippen molar-refractivity contribution in [3.05, 3.63) is 65.6 Å². The van der Waals surface area contributed by atoms with Gasteiger partial charge in [0, 0.05) is 23.1 Å². The number of anilines is 1. The summed E-state index contributed by atoms with van der Waals surface area (Å²) in [6.45, 7) is 6.02. The smallest absolute Gasteiger partial charge is 0.328 e. The number of hydrogen-bond donors (Lipinski definition) is 2. The second kappa shape index (κ2) is 7.97. The van der Waals surface area contributed by atoms with E-state index in [1.165, 1.54) is 24.3 Å². The Morgan fingerprint density at radius 1 is 1.15 bits per heavy atom. The number of urea groups is 1. The van der Waals surface area contributed by atoms with Crippen LogP contribution < -0.4 is 5.32 Å². The number of nitrogens with zero attached hydrogens (tertiary/aromatic N) is 2. The number of fused-ring (bicyclic) bond motifs is 5. The summed E-state index contributed by atoms with van der Waals surface area (Å²) >= 11 is 0. The number of halogens is 1. The van der Waals surface area contributed by atoms with Crippen molar-refractivity contribution in [2.24, 2.45) is 5.92 Å². The van der Waals surface area contributed by atoms with Crippen molar-refractivity contribution in [2.75, 3.05) is 11.9 Å². The maximum absolute atomic E-state index is 13.9. The Morgan fingerprint density at radius 3 is 2.56 bits per heavy atom. The molecule has 0 spiro atoms. The van der Waals surface area contributed by atoms with Crippen molar-refractivity contribution in [3.63, 3.8) is 0 Å². The molecule has 4 amide bonds. The molecule has 2 N–H and O–H groups in total. The third-order valence-corrected chi connectivity index (χ3v) is 6.92. The zero-order valence-corrected chi connectivity index (χ0v) is 19.4. The van der Waals surface area contributed by atoms with Gasteiger partial charge in [0.25, 0.3) is 5.91 Å². The molecule has 8 heteroatoms. The third kappa shape index (κ3) is 3.28. The van der Waals surface area contributed by atoms with E-state index >= 15 is 0 Å². The number of imide groups is 1. The molecular weight excluding hydrogens is 435 g/mol. The van der Waals surface area contributed by atoms with Crippen LogP contribution in [0.1, 0.15) is 38.4 Å². The van der Waals surface area contributed by atoms with Crippen LogP contribution in [0.3, 0.4) is 0 Å². The van der Waals surface area contributed by atoms with Crippen LogP contribution in [0.2, 0.25) is 0 Å². The minimum absolute atomic E-state index is 0.0543. The summed E-state index contributed by atoms with van der Waals surface area (Å²) in [5, 5.41) is 3.80. The number of aromatic nitrogens is 1. The van der Waals surface area contributed by atoms with Crippen LogP contribution in [0.15, 0.2) is 48.5 Å². The van der Waals surface area contributed by atoms with E-state index in [0.29, 0.717) is 30.8 Å². The maximum Gasteiger partial charge on any atom is 0.328 e. The van der Waals surface area contributed by atoms with E-state index in [9.17, 15) is 18.8 Å². The summed E-state index contributed by atoms with van der Waals surface area (Å²) in [7, 11) is 0. The molecule has 1 saturated heterocycles. The molecule has 2 atom stereocenters. The number of para-hydroxylation sites is 1. The van der Waals surface area contributed by atoms with Gasteiger partial charge >= 0.3 is 6.03 Å². The van der Waals surface area contributed by atoms with Gasteiger partial charge in [-0.25, -0.2) is 14.1 Å². The molecule has 176 valence electrons. The molecule has 1 aromatic heterocycles. The Labute approximate surface area is 196 Å². The fourth-order valence-corrected chi connectivity index (χ4v) is 5.23. The number of nitrogens with one attached hydrogen (secondary N) is 2. The Kier molecular flexibility index (Phi) is 5.19. The first-order valence-corrected chi connectivity index (χ1v) is 11.5. The van der Waals surface area contributed by atoms with Crippen LogP contribution in [0.5, 0.6) is 0 Å². The molecule has 0 saturated carbocycles. The first kappa shape index (κ1) is 22.1. The highest BCUT2D eigenvalue weighted by atomic mass is 19.1. The van der Waals surface area contributed by atoms with E-state index in [4.69, 9.17) is 0 Å². The van der Waals surface area contributed by atoms with Crippen molar-refractivity contribution in [2.45, 2.75) is 45.2 Å². The average molecular weight is 463 g/mol. The largest absolute Gasteiger partial charge is 0.356 e. The summed E-state index contributed by atoms with van der Waals surface area (Å²) in [4.78, 5) is 46.9. The van der Waals surface area contributed by atoms with Crippen LogP contribution in [-0.4, -0.2) is 45.2 Å². The lowest BCUT2D eigenvalue weighted by Crippen LogP contribution is -2.50. The highest BCUT2D eigenvalue weighted by Crippen LogP contribution is 2.45. The lowest BCUT2D eigenvalue weighted by molar-refractivity contribution is -0.138. The lowest BCUT2D eigenvalue weighted by atomic mass is 9.87.